The maximum absolute atomic E-state index is 11.6. The summed E-state index contributed by atoms with van der Waals surface area (Å²) in [4.78, 5) is 16.1. The molecule has 0 heterocycles. The van der Waals surface area contributed by atoms with Crippen LogP contribution in [-0.2, 0) is 4.79 Å². The number of rotatable bonds is 8. The molecule has 1 atom stereocenters. The fourth-order valence-corrected chi connectivity index (χ4v) is 1.36. The van der Waals surface area contributed by atoms with Crippen LogP contribution in [0.15, 0.2) is 4.99 Å². The second-order valence-electron chi connectivity index (χ2n) is 5.17. The van der Waals surface area contributed by atoms with Gasteiger partial charge < -0.3 is 16.0 Å². The Morgan fingerprint density at radius 2 is 1.84 bits per heavy atom. The van der Waals surface area contributed by atoms with Crippen molar-refractivity contribution in [2.24, 2.45) is 10.9 Å². The minimum absolute atomic E-state index is 0.0848. The molecule has 0 rings (SSSR count). The molecule has 5 nitrogen and oxygen atoms in total. The third kappa shape index (κ3) is 10.4. The number of aliphatic imine (C=N–C) groups is 1. The third-order valence-electron chi connectivity index (χ3n) is 2.62. The van der Waals surface area contributed by atoms with Gasteiger partial charge in [-0.1, -0.05) is 20.8 Å². The van der Waals surface area contributed by atoms with Crippen molar-refractivity contribution in [1.29, 1.82) is 0 Å². The van der Waals surface area contributed by atoms with Crippen molar-refractivity contribution in [2.45, 2.75) is 53.5 Å². The molecule has 0 aromatic carbocycles. The number of carbonyl (C=O) groups excluding carboxylic acids is 1. The van der Waals surface area contributed by atoms with Crippen LogP contribution in [0, 0.1) is 5.92 Å². The van der Waals surface area contributed by atoms with Gasteiger partial charge >= 0.3 is 0 Å². The Kier molecular flexibility index (Phi) is 9.94. The van der Waals surface area contributed by atoms with E-state index in [0.717, 1.165) is 25.5 Å². The molecule has 0 bridgehead atoms. The van der Waals surface area contributed by atoms with Gasteiger partial charge in [-0.15, -0.1) is 0 Å². The maximum atomic E-state index is 11.6. The van der Waals surface area contributed by atoms with Crippen LogP contribution in [-0.4, -0.2) is 37.5 Å². The van der Waals surface area contributed by atoms with Gasteiger partial charge in [-0.05, 0) is 26.2 Å². The molecule has 0 saturated heterocycles. The Labute approximate surface area is 117 Å². The first-order valence-corrected chi connectivity index (χ1v) is 7.31. The Balaban J connectivity index is 3.98. The monoisotopic (exact) mass is 270 g/mol. The van der Waals surface area contributed by atoms with Crippen LogP contribution < -0.4 is 16.0 Å². The van der Waals surface area contributed by atoms with Gasteiger partial charge in [0.05, 0.1) is 0 Å². The molecule has 0 aromatic rings. The van der Waals surface area contributed by atoms with Gasteiger partial charge in [-0.3, -0.25) is 9.79 Å². The Morgan fingerprint density at radius 1 is 1.16 bits per heavy atom. The summed E-state index contributed by atoms with van der Waals surface area (Å²) in [7, 11) is 0. The Hall–Kier alpha value is -1.26. The number of nitrogens with zero attached hydrogens (tertiary/aromatic N) is 1. The molecular weight excluding hydrogens is 240 g/mol. The highest BCUT2D eigenvalue weighted by Gasteiger charge is 2.05. The average Bonchev–Trinajstić information content (AvgIpc) is 2.35. The molecule has 0 aromatic heterocycles. The van der Waals surface area contributed by atoms with Crippen molar-refractivity contribution >= 4 is 11.9 Å². The zero-order valence-corrected chi connectivity index (χ0v) is 13.0. The van der Waals surface area contributed by atoms with E-state index in [2.05, 4.69) is 41.7 Å². The normalized spacial score (nSPS) is 13.3. The number of nitrogens with one attached hydrogen (secondary N) is 3. The highest BCUT2D eigenvalue weighted by Crippen LogP contribution is 1.92. The summed E-state index contributed by atoms with van der Waals surface area (Å²) in [6, 6.07) is 0.246. The molecule has 0 spiro atoms. The summed E-state index contributed by atoms with van der Waals surface area (Å²) in [5.41, 5.74) is 0. The van der Waals surface area contributed by atoms with Crippen molar-refractivity contribution in [3.63, 3.8) is 0 Å². The van der Waals surface area contributed by atoms with Gasteiger partial charge in [0.2, 0.25) is 5.91 Å². The first kappa shape index (κ1) is 17.7. The minimum atomic E-state index is 0.0848. The summed E-state index contributed by atoms with van der Waals surface area (Å²) >= 11 is 0. The van der Waals surface area contributed by atoms with Gasteiger partial charge in [-0.25, -0.2) is 0 Å². The lowest BCUT2D eigenvalue weighted by Crippen LogP contribution is -2.40. The second-order valence-corrected chi connectivity index (χ2v) is 5.17. The molecule has 0 saturated carbocycles. The molecule has 0 aliphatic heterocycles. The van der Waals surface area contributed by atoms with E-state index >= 15 is 0 Å². The van der Waals surface area contributed by atoms with Crippen LogP contribution in [0.4, 0.5) is 0 Å². The number of carbonyl (C=O) groups is 1. The minimum Gasteiger partial charge on any atom is -0.357 e. The number of amides is 1. The van der Waals surface area contributed by atoms with Crippen LogP contribution >= 0.6 is 0 Å². The van der Waals surface area contributed by atoms with E-state index in [9.17, 15) is 4.79 Å². The van der Waals surface area contributed by atoms with Crippen molar-refractivity contribution in [1.82, 2.24) is 16.0 Å². The molecule has 3 N–H and O–H groups in total. The summed E-state index contributed by atoms with van der Waals surface area (Å²) in [5, 5.41) is 9.29. The molecule has 19 heavy (non-hydrogen) atoms. The highest BCUT2D eigenvalue weighted by atomic mass is 16.1. The van der Waals surface area contributed by atoms with Crippen LogP contribution in [0.1, 0.15) is 47.5 Å². The first-order valence-electron chi connectivity index (χ1n) is 7.31. The number of guanidine groups is 1. The lowest BCUT2D eigenvalue weighted by molar-refractivity contribution is -0.121. The number of hydrogen-bond donors (Lipinski definition) is 3. The largest absolute Gasteiger partial charge is 0.357 e. The average molecular weight is 270 g/mol. The zero-order chi connectivity index (χ0) is 14.7. The van der Waals surface area contributed by atoms with Crippen molar-refractivity contribution in [2.75, 3.05) is 19.6 Å². The lowest BCUT2D eigenvalue weighted by Gasteiger charge is -2.13. The van der Waals surface area contributed by atoms with Gasteiger partial charge in [-0.2, -0.15) is 0 Å². The quantitative estimate of drug-likeness (QED) is 0.462. The summed E-state index contributed by atoms with van der Waals surface area (Å²) in [5.74, 6) is 1.40. The first-order chi connectivity index (χ1) is 8.99. The SMILES string of the molecule is CCNC(=NCC(C)C)NCCC(=O)NC(C)CC. The van der Waals surface area contributed by atoms with Gasteiger partial charge in [0.25, 0.3) is 0 Å². The summed E-state index contributed by atoms with van der Waals surface area (Å²) in [6.07, 6.45) is 1.42. The molecule has 0 fully saturated rings. The molecule has 5 heteroatoms. The predicted octanol–water partition coefficient (Wildman–Crippen LogP) is 1.50. The Morgan fingerprint density at radius 3 is 2.37 bits per heavy atom. The van der Waals surface area contributed by atoms with E-state index in [4.69, 9.17) is 0 Å². The molecule has 0 aliphatic rings. The standard InChI is InChI=1S/C14H30N4O/c1-6-12(5)18-13(19)8-9-16-14(15-7-2)17-10-11(3)4/h11-12H,6-10H2,1-5H3,(H,18,19)(H2,15,16,17). The number of hydrogen-bond acceptors (Lipinski definition) is 2. The van der Waals surface area contributed by atoms with Crippen LogP contribution in [0.3, 0.4) is 0 Å². The van der Waals surface area contributed by atoms with Crippen LogP contribution in [0.25, 0.3) is 0 Å². The van der Waals surface area contributed by atoms with Crippen molar-refractivity contribution < 1.29 is 4.79 Å². The highest BCUT2D eigenvalue weighted by molar-refractivity contribution is 5.81. The van der Waals surface area contributed by atoms with E-state index in [1.165, 1.54) is 0 Å². The van der Waals surface area contributed by atoms with Gasteiger partial charge in [0.1, 0.15) is 0 Å². The maximum Gasteiger partial charge on any atom is 0.221 e. The topological polar surface area (TPSA) is 65.5 Å². The van der Waals surface area contributed by atoms with Gasteiger partial charge in [0.15, 0.2) is 5.96 Å². The fraction of sp³-hybridized carbons (Fsp3) is 0.857. The van der Waals surface area contributed by atoms with E-state index in [0.29, 0.717) is 18.9 Å². The molecular formula is C14H30N4O. The zero-order valence-electron chi connectivity index (χ0n) is 13.0. The van der Waals surface area contributed by atoms with E-state index < -0.39 is 0 Å². The molecule has 0 radical (unpaired) electrons. The molecule has 1 amide bonds. The predicted molar refractivity (Wildman–Crippen MR) is 81.3 cm³/mol. The van der Waals surface area contributed by atoms with E-state index in [1.54, 1.807) is 0 Å². The van der Waals surface area contributed by atoms with E-state index in [-0.39, 0.29) is 11.9 Å². The van der Waals surface area contributed by atoms with Crippen LogP contribution in [0.2, 0.25) is 0 Å². The summed E-state index contributed by atoms with van der Waals surface area (Å²) in [6.45, 7) is 12.6. The van der Waals surface area contributed by atoms with Crippen molar-refractivity contribution in [3.8, 4) is 0 Å². The lowest BCUT2D eigenvalue weighted by atomic mass is 10.2. The van der Waals surface area contributed by atoms with Crippen LogP contribution in [0.5, 0.6) is 0 Å². The second kappa shape index (κ2) is 10.6. The summed E-state index contributed by atoms with van der Waals surface area (Å²) < 4.78 is 0. The van der Waals surface area contributed by atoms with E-state index in [1.807, 2.05) is 13.8 Å². The van der Waals surface area contributed by atoms with Crippen molar-refractivity contribution in [3.05, 3.63) is 0 Å². The fourth-order valence-electron chi connectivity index (χ4n) is 1.36. The van der Waals surface area contributed by atoms with Gasteiger partial charge in [0, 0.05) is 32.1 Å². The third-order valence-corrected chi connectivity index (χ3v) is 2.62. The molecule has 1 unspecified atom stereocenters. The smallest absolute Gasteiger partial charge is 0.221 e. The Bertz CT molecular complexity index is 277. The molecule has 112 valence electrons. The molecule has 0 aliphatic carbocycles.